The molecule has 0 unspecified atom stereocenters. The molecule has 0 saturated heterocycles. The maximum absolute atomic E-state index is 12.6. The monoisotopic (exact) mass is 420 g/mol. The van der Waals surface area contributed by atoms with Gasteiger partial charge in [-0.1, -0.05) is 49.4 Å². The minimum Gasteiger partial charge on any atom is -0.492 e. The molecule has 0 fully saturated rings. The van der Waals surface area contributed by atoms with Crippen LogP contribution in [0, 0.1) is 0 Å². The summed E-state index contributed by atoms with van der Waals surface area (Å²) in [4.78, 5) is 26.8. The molecule has 2 aromatic carbocycles. The lowest BCUT2D eigenvalue weighted by atomic mass is 10.1. The topological polar surface area (TPSA) is 76.5 Å². The zero-order valence-corrected chi connectivity index (χ0v) is 18.0. The Hall–Kier alpha value is -3.45. The summed E-state index contributed by atoms with van der Waals surface area (Å²) >= 11 is 0. The minimum absolute atomic E-state index is 0.196. The number of nitrogens with zero attached hydrogens (tertiary/aromatic N) is 3. The van der Waals surface area contributed by atoms with Gasteiger partial charge in [-0.05, 0) is 42.9 Å². The van der Waals surface area contributed by atoms with Gasteiger partial charge in [0.15, 0.2) is 0 Å². The van der Waals surface area contributed by atoms with Gasteiger partial charge in [-0.2, -0.15) is 5.10 Å². The molecule has 3 rings (SSSR count). The molecule has 3 aromatic rings. The molecule has 162 valence electrons. The van der Waals surface area contributed by atoms with Crippen molar-refractivity contribution in [1.82, 2.24) is 20.0 Å². The highest BCUT2D eigenvalue weighted by molar-refractivity contribution is 5.91. The molecule has 1 aromatic heterocycles. The van der Waals surface area contributed by atoms with E-state index in [-0.39, 0.29) is 30.3 Å². The molecule has 0 bridgehead atoms. The average molecular weight is 421 g/mol. The van der Waals surface area contributed by atoms with Crippen LogP contribution in [0.3, 0.4) is 0 Å². The quantitative estimate of drug-likeness (QED) is 0.546. The van der Waals surface area contributed by atoms with E-state index in [2.05, 4.69) is 41.4 Å². The number of hydrogen-bond acceptors (Lipinski definition) is 5. The van der Waals surface area contributed by atoms with Crippen LogP contribution in [0.15, 0.2) is 71.5 Å². The van der Waals surface area contributed by atoms with Crippen LogP contribution in [0.4, 0.5) is 0 Å². The van der Waals surface area contributed by atoms with Crippen molar-refractivity contribution in [2.45, 2.75) is 26.6 Å². The Morgan fingerprint density at radius 3 is 2.61 bits per heavy atom. The largest absolute Gasteiger partial charge is 0.492 e. The number of aromatic nitrogens is 2. The number of benzene rings is 2. The first-order valence-electron chi connectivity index (χ1n) is 10.4. The van der Waals surface area contributed by atoms with Crippen LogP contribution >= 0.6 is 0 Å². The van der Waals surface area contributed by atoms with Gasteiger partial charge < -0.3 is 15.0 Å². The third-order valence-electron chi connectivity index (χ3n) is 4.85. The normalized spacial score (nSPS) is 10.8. The number of ether oxygens (including phenoxy) is 1. The summed E-state index contributed by atoms with van der Waals surface area (Å²) in [7, 11) is 2.07. The molecule has 0 radical (unpaired) electrons. The number of hydrogen-bond donors (Lipinski definition) is 1. The van der Waals surface area contributed by atoms with Gasteiger partial charge in [0.05, 0.1) is 6.54 Å². The van der Waals surface area contributed by atoms with Gasteiger partial charge in [0.1, 0.15) is 18.1 Å². The minimum atomic E-state index is -0.325. The van der Waals surface area contributed by atoms with Crippen molar-refractivity contribution in [3.05, 3.63) is 93.9 Å². The van der Waals surface area contributed by atoms with Crippen LogP contribution in [0.25, 0.3) is 0 Å². The van der Waals surface area contributed by atoms with E-state index in [0.29, 0.717) is 6.54 Å². The zero-order valence-electron chi connectivity index (χ0n) is 18.0. The predicted octanol–water partition coefficient (Wildman–Crippen LogP) is 2.70. The van der Waals surface area contributed by atoms with Crippen LogP contribution in [0.1, 0.15) is 28.5 Å². The zero-order chi connectivity index (χ0) is 22.1. The first-order chi connectivity index (χ1) is 15.0. The van der Waals surface area contributed by atoms with Crippen molar-refractivity contribution in [2.24, 2.45) is 0 Å². The molecule has 0 aliphatic heterocycles. The average Bonchev–Trinajstić information content (AvgIpc) is 2.79. The molecule has 7 nitrogen and oxygen atoms in total. The van der Waals surface area contributed by atoms with Crippen molar-refractivity contribution < 1.29 is 9.53 Å². The van der Waals surface area contributed by atoms with Crippen LogP contribution in [-0.2, 0) is 19.6 Å². The Morgan fingerprint density at radius 2 is 1.84 bits per heavy atom. The fraction of sp³-hybridized carbons (Fsp3) is 0.292. The number of carbonyl (C=O) groups excluding carboxylic acids is 1. The predicted molar refractivity (Wildman–Crippen MR) is 120 cm³/mol. The summed E-state index contributed by atoms with van der Waals surface area (Å²) in [6, 6.07) is 20.3. The second-order valence-electron chi connectivity index (χ2n) is 7.27. The van der Waals surface area contributed by atoms with E-state index in [1.807, 2.05) is 42.5 Å². The van der Waals surface area contributed by atoms with Crippen LogP contribution < -0.4 is 15.6 Å². The van der Waals surface area contributed by atoms with Crippen LogP contribution in [0.2, 0.25) is 0 Å². The van der Waals surface area contributed by atoms with Crippen molar-refractivity contribution in [1.29, 1.82) is 0 Å². The molecule has 7 heteroatoms. The maximum Gasteiger partial charge on any atom is 0.271 e. The first-order valence-corrected chi connectivity index (χ1v) is 10.4. The summed E-state index contributed by atoms with van der Waals surface area (Å²) in [6.45, 7) is 4.86. The highest BCUT2D eigenvalue weighted by Gasteiger charge is 2.10. The molecule has 0 aliphatic carbocycles. The van der Waals surface area contributed by atoms with Gasteiger partial charge in [-0.15, -0.1) is 0 Å². The van der Waals surface area contributed by atoms with E-state index in [1.54, 1.807) is 0 Å². The number of amides is 1. The Bertz CT molecular complexity index is 1050. The van der Waals surface area contributed by atoms with E-state index in [9.17, 15) is 9.59 Å². The van der Waals surface area contributed by atoms with E-state index >= 15 is 0 Å². The lowest BCUT2D eigenvalue weighted by Gasteiger charge is -2.14. The van der Waals surface area contributed by atoms with E-state index in [1.165, 1.54) is 22.4 Å². The van der Waals surface area contributed by atoms with Crippen LogP contribution in [0.5, 0.6) is 5.75 Å². The molecule has 1 amide bonds. The second-order valence-corrected chi connectivity index (χ2v) is 7.27. The molecule has 0 spiro atoms. The fourth-order valence-electron chi connectivity index (χ4n) is 3.03. The third-order valence-corrected chi connectivity index (χ3v) is 4.85. The Labute approximate surface area is 182 Å². The molecule has 0 aliphatic rings. The number of nitrogens with one attached hydrogen (secondary N) is 1. The summed E-state index contributed by atoms with van der Waals surface area (Å²) in [5, 5.41) is 7.07. The van der Waals surface area contributed by atoms with Crippen molar-refractivity contribution in [2.75, 3.05) is 20.2 Å². The fourth-order valence-corrected chi connectivity index (χ4v) is 3.03. The molecular formula is C24H28N4O3. The van der Waals surface area contributed by atoms with E-state index < -0.39 is 0 Å². The second kappa shape index (κ2) is 11.1. The SMILES string of the molecule is CCN(C)Cc1cccc(CNC(=O)c2ccc(=O)n(CCOc3ccccc3)n2)c1. The van der Waals surface area contributed by atoms with Gasteiger partial charge in [0.2, 0.25) is 0 Å². The van der Waals surface area contributed by atoms with Crippen molar-refractivity contribution >= 4 is 5.91 Å². The van der Waals surface area contributed by atoms with Gasteiger partial charge in [-0.3, -0.25) is 9.59 Å². The summed E-state index contributed by atoms with van der Waals surface area (Å²) in [5.74, 6) is 0.394. The summed E-state index contributed by atoms with van der Waals surface area (Å²) in [5.41, 5.74) is 2.13. The van der Waals surface area contributed by atoms with E-state index in [4.69, 9.17) is 4.74 Å². The van der Waals surface area contributed by atoms with Gasteiger partial charge in [0.25, 0.3) is 11.5 Å². The Morgan fingerprint density at radius 1 is 1.06 bits per heavy atom. The third kappa shape index (κ3) is 6.79. The van der Waals surface area contributed by atoms with E-state index in [0.717, 1.165) is 24.4 Å². The van der Waals surface area contributed by atoms with Crippen LogP contribution in [-0.4, -0.2) is 40.8 Å². The Balaban J connectivity index is 1.57. The molecule has 1 heterocycles. The van der Waals surface area contributed by atoms with Gasteiger partial charge in [0, 0.05) is 19.2 Å². The summed E-state index contributed by atoms with van der Waals surface area (Å²) < 4.78 is 6.86. The Kier molecular flexibility index (Phi) is 7.95. The lowest BCUT2D eigenvalue weighted by molar-refractivity contribution is 0.0943. The first kappa shape index (κ1) is 22.2. The smallest absolute Gasteiger partial charge is 0.271 e. The standard InChI is InChI=1S/C24H28N4O3/c1-3-27(2)18-20-9-7-8-19(16-20)17-25-24(30)22-12-13-23(29)28(26-22)14-15-31-21-10-5-4-6-11-21/h4-13,16H,3,14-15,17-18H2,1-2H3,(H,25,30). The van der Waals surface area contributed by atoms with Crippen molar-refractivity contribution in [3.8, 4) is 5.75 Å². The number of para-hydroxylation sites is 1. The molecule has 31 heavy (non-hydrogen) atoms. The van der Waals surface area contributed by atoms with Gasteiger partial charge in [-0.25, -0.2) is 4.68 Å². The molecule has 0 atom stereocenters. The summed E-state index contributed by atoms with van der Waals surface area (Å²) in [6.07, 6.45) is 0. The number of carbonyl (C=O) groups is 1. The highest BCUT2D eigenvalue weighted by Crippen LogP contribution is 2.09. The highest BCUT2D eigenvalue weighted by atomic mass is 16.5. The number of rotatable bonds is 10. The molecule has 1 N–H and O–H groups in total. The maximum atomic E-state index is 12.6. The van der Waals surface area contributed by atoms with Crippen molar-refractivity contribution in [3.63, 3.8) is 0 Å². The molecular weight excluding hydrogens is 392 g/mol. The molecule has 0 saturated carbocycles. The lowest BCUT2D eigenvalue weighted by Crippen LogP contribution is -2.30. The van der Waals surface area contributed by atoms with Gasteiger partial charge >= 0.3 is 0 Å².